The SMILES string of the molecule is COc1ccc(C(=O)N2CCCN(CC(O)C(F)(F)F)CC2)cc1. The van der Waals surface area contributed by atoms with Crippen molar-refractivity contribution in [2.45, 2.75) is 18.7 Å². The number of hydrogen-bond donors (Lipinski definition) is 1. The van der Waals surface area contributed by atoms with E-state index in [2.05, 4.69) is 0 Å². The van der Waals surface area contributed by atoms with Crippen LogP contribution in [0.5, 0.6) is 5.75 Å². The highest BCUT2D eigenvalue weighted by atomic mass is 19.4. The molecule has 0 saturated carbocycles. The number of rotatable bonds is 4. The molecule has 1 heterocycles. The fourth-order valence-electron chi connectivity index (χ4n) is 2.62. The van der Waals surface area contributed by atoms with E-state index in [1.807, 2.05) is 0 Å². The molecule has 0 spiro atoms. The molecular weight excluding hydrogens is 325 g/mol. The molecule has 0 aliphatic carbocycles. The molecule has 5 nitrogen and oxygen atoms in total. The first-order chi connectivity index (χ1) is 11.3. The molecule has 1 atom stereocenters. The highest BCUT2D eigenvalue weighted by Crippen LogP contribution is 2.21. The molecule has 1 unspecified atom stereocenters. The second-order valence-electron chi connectivity index (χ2n) is 5.73. The van der Waals surface area contributed by atoms with E-state index >= 15 is 0 Å². The van der Waals surface area contributed by atoms with Crippen LogP contribution in [0.15, 0.2) is 24.3 Å². The Balaban J connectivity index is 1.93. The monoisotopic (exact) mass is 346 g/mol. The Hall–Kier alpha value is -1.80. The summed E-state index contributed by atoms with van der Waals surface area (Å²) in [7, 11) is 1.54. The van der Waals surface area contributed by atoms with Crippen molar-refractivity contribution in [2.75, 3.05) is 39.8 Å². The van der Waals surface area contributed by atoms with Gasteiger partial charge >= 0.3 is 6.18 Å². The molecule has 1 aliphatic heterocycles. The lowest BCUT2D eigenvalue weighted by Gasteiger charge is -2.25. The largest absolute Gasteiger partial charge is 0.497 e. The van der Waals surface area contributed by atoms with Gasteiger partial charge in [-0.05, 0) is 30.7 Å². The minimum absolute atomic E-state index is 0.157. The van der Waals surface area contributed by atoms with Crippen molar-refractivity contribution >= 4 is 5.91 Å². The van der Waals surface area contributed by atoms with Crippen LogP contribution in [-0.4, -0.2) is 72.9 Å². The summed E-state index contributed by atoms with van der Waals surface area (Å²) in [6.45, 7) is 1.06. The summed E-state index contributed by atoms with van der Waals surface area (Å²) < 4.78 is 42.4. The molecule has 8 heteroatoms. The van der Waals surface area contributed by atoms with E-state index in [9.17, 15) is 23.1 Å². The van der Waals surface area contributed by atoms with Crippen LogP contribution in [0, 0.1) is 0 Å². The number of hydrogen-bond acceptors (Lipinski definition) is 4. The first-order valence-electron chi connectivity index (χ1n) is 7.71. The van der Waals surface area contributed by atoms with Gasteiger partial charge in [-0.3, -0.25) is 9.69 Å². The number of halogens is 3. The summed E-state index contributed by atoms with van der Waals surface area (Å²) in [6, 6.07) is 6.71. The second-order valence-corrected chi connectivity index (χ2v) is 5.73. The normalized spacial score (nSPS) is 18.1. The van der Waals surface area contributed by atoms with Crippen LogP contribution in [0.1, 0.15) is 16.8 Å². The van der Waals surface area contributed by atoms with E-state index in [1.54, 1.807) is 34.1 Å². The summed E-state index contributed by atoms with van der Waals surface area (Å²) in [4.78, 5) is 15.6. The summed E-state index contributed by atoms with van der Waals surface area (Å²) in [6.07, 6.45) is -6.42. The van der Waals surface area contributed by atoms with Crippen molar-refractivity contribution in [2.24, 2.45) is 0 Å². The molecule has 1 fully saturated rings. The van der Waals surface area contributed by atoms with Gasteiger partial charge in [0.25, 0.3) is 5.91 Å². The van der Waals surface area contributed by atoms with Gasteiger partial charge in [-0.25, -0.2) is 0 Å². The maximum absolute atomic E-state index is 12.5. The van der Waals surface area contributed by atoms with Crippen LogP contribution in [0.25, 0.3) is 0 Å². The van der Waals surface area contributed by atoms with Crippen LogP contribution in [0.3, 0.4) is 0 Å². The predicted molar refractivity (Wildman–Crippen MR) is 82.0 cm³/mol. The van der Waals surface area contributed by atoms with Crippen molar-refractivity contribution in [3.8, 4) is 5.75 Å². The number of carbonyl (C=O) groups is 1. The number of aliphatic hydroxyl groups is 1. The van der Waals surface area contributed by atoms with Crippen LogP contribution >= 0.6 is 0 Å². The molecule has 1 saturated heterocycles. The van der Waals surface area contributed by atoms with Gasteiger partial charge in [-0.2, -0.15) is 13.2 Å². The number of alkyl halides is 3. The number of β-amino-alcohol motifs (C(OH)–C–C–N with tert-alkyl or cyclic N) is 1. The topological polar surface area (TPSA) is 53.0 Å². The molecule has 24 heavy (non-hydrogen) atoms. The average molecular weight is 346 g/mol. The maximum Gasteiger partial charge on any atom is 0.415 e. The van der Waals surface area contributed by atoms with E-state index in [0.29, 0.717) is 43.9 Å². The van der Waals surface area contributed by atoms with Crippen LogP contribution < -0.4 is 4.74 Å². The molecule has 0 bridgehead atoms. The molecule has 0 aromatic heterocycles. The molecule has 0 radical (unpaired) electrons. The standard InChI is InChI=1S/C16H21F3N2O3/c1-24-13-5-3-12(4-6-13)15(23)21-8-2-7-20(9-10-21)11-14(22)16(17,18)19/h3-6,14,22H,2,7-11H2,1H3. The number of benzene rings is 1. The molecular formula is C16H21F3N2O3. The first-order valence-corrected chi connectivity index (χ1v) is 7.71. The Morgan fingerprint density at radius 2 is 1.88 bits per heavy atom. The highest BCUT2D eigenvalue weighted by molar-refractivity contribution is 5.94. The molecule has 2 rings (SSSR count). The Morgan fingerprint density at radius 3 is 2.46 bits per heavy atom. The van der Waals surface area contributed by atoms with Crippen molar-refractivity contribution in [1.29, 1.82) is 0 Å². The number of nitrogens with zero attached hydrogens (tertiary/aromatic N) is 2. The number of aliphatic hydroxyl groups excluding tert-OH is 1. The van der Waals surface area contributed by atoms with Gasteiger partial charge in [0.05, 0.1) is 7.11 Å². The van der Waals surface area contributed by atoms with Gasteiger partial charge in [-0.15, -0.1) is 0 Å². The quantitative estimate of drug-likeness (QED) is 0.903. The fraction of sp³-hybridized carbons (Fsp3) is 0.562. The number of ether oxygens (including phenoxy) is 1. The van der Waals surface area contributed by atoms with E-state index < -0.39 is 18.8 Å². The second kappa shape index (κ2) is 7.85. The van der Waals surface area contributed by atoms with Crippen molar-refractivity contribution in [1.82, 2.24) is 9.80 Å². The fourth-order valence-corrected chi connectivity index (χ4v) is 2.62. The number of methoxy groups -OCH3 is 1. The summed E-state index contributed by atoms with van der Waals surface area (Å²) in [5.41, 5.74) is 0.513. The van der Waals surface area contributed by atoms with Gasteiger partial charge in [-0.1, -0.05) is 0 Å². The summed E-state index contributed by atoms with van der Waals surface area (Å²) in [5, 5.41) is 9.17. The number of amides is 1. The molecule has 1 aromatic carbocycles. The zero-order chi connectivity index (χ0) is 17.7. The Morgan fingerprint density at radius 1 is 1.21 bits per heavy atom. The predicted octanol–water partition coefficient (Wildman–Crippen LogP) is 1.77. The van der Waals surface area contributed by atoms with E-state index in [1.165, 1.54) is 7.11 Å². The van der Waals surface area contributed by atoms with Gasteiger partial charge in [0, 0.05) is 38.3 Å². The lowest BCUT2D eigenvalue weighted by Crippen LogP contribution is -2.42. The van der Waals surface area contributed by atoms with Gasteiger partial charge in [0.2, 0.25) is 0 Å². The Bertz CT molecular complexity index is 548. The van der Waals surface area contributed by atoms with E-state index in [0.717, 1.165) is 0 Å². The lowest BCUT2D eigenvalue weighted by atomic mass is 10.2. The third-order valence-corrected chi connectivity index (χ3v) is 4.02. The molecule has 1 aromatic rings. The Labute approximate surface area is 138 Å². The summed E-state index contributed by atoms with van der Waals surface area (Å²) >= 11 is 0. The van der Waals surface area contributed by atoms with Crippen molar-refractivity contribution in [3.05, 3.63) is 29.8 Å². The maximum atomic E-state index is 12.5. The van der Waals surface area contributed by atoms with Crippen molar-refractivity contribution < 1.29 is 27.8 Å². The third-order valence-electron chi connectivity index (χ3n) is 4.02. The van der Waals surface area contributed by atoms with Crippen LogP contribution in [0.4, 0.5) is 13.2 Å². The van der Waals surface area contributed by atoms with Gasteiger partial charge < -0.3 is 14.7 Å². The van der Waals surface area contributed by atoms with Crippen LogP contribution in [0.2, 0.25) is 0 Å². The molecule has 134 valence electrons. The minimum Gasteiger partial charge on any atom is -0.497 e. The average Bonchev–Trinajstić information content (AvgIpc) is 2.79. The Kier molecular flexibility index (Phi) is 6.06. The molecule has 1 aliphatic rings. The van der Waals surface area contributed by atoms with Gasteiger partial charge in [0.1, 0.15) is 5.75 Å². The first kappa shape index (κ1) is 18.5. The smallest absolute Gasteiger partial charge is 0.415 e. The zero-order valence-corrected chi connectivity index (χ0v) is 13.4. The lowest BCUT2D eigenvalue weighted by molar-refractivity contribution is -0.208. The van der Waals surface area contributed by atoms with E-state index in [-0.39, 0.29) is 5.91 Å². The molecule has 1 N–H and O–H groups in total. The molecule has 1 amide bonds. The third kappa shape index (κ3) is 4.85. The van der Waals surface area contributed by atoms with Crippen LogP contribution in [-0.2, 0) is 0 Å². The zero-order valence-electron chi connectivity index (χ0n) is 13.4. The minimum atomic E-state index is -4.62. The van der Waals surface area contributed by atoms with Gasteiger partial charge in [0.15, 0.2) is 6.10 Å². The van der Waals surface area contributed by atoms with E-state index in [4.69, 9.17) is 4.74 Å². The van der Waals surface area contributed by atoms with Crippen molar-refractivity contribution in [3.63, 3.8) is 0 Å². The highest BCUT2D eigenvalue weighted by Gasteiger charge is 2.39. The summed E-state index contributed by atoms with van der Waals surface area (Å²) in [5.74, 6) is 0.491. The number of carbonyl (C=O) groups excluding carboxylic acids is 1.